The van der Waals surface area contributed by atoms with E-state index in [4.69, 9.17) is 9.47 Å². The molecule has 3 aromatic rings. The van der Waals surface area contributed by atoms with Crippen molar-refractivity contribution in [2.24, 2.45) is 5.92 Å². The number of fused-ring (bicyclic) bond motifs is 3. The van der Waals surface area contributed by atoms with Crippen molar-refractivity contribution in [3.63, 3.8) is 0 Å². The quantitative estimate of drug-likeness (QED) is 0.309. The van der Waals surface area contributed by atoms with E-state index >= 15 is 0 Å². The highest BCUT2D eigenvalue weighted by Gasteiger charge is 2.38. The summed E-state index contributed by atoms with van der Waals surface area (Å²) in [5, 5.41) is 12.6. The number of hydrogen-bond acceptors (Lipinski definition) is 4. The fourth-order valence-electron chi connectivity index (χ4n) is 5.57. The van der Waals surface area contributed by atoms with E-state index in [-0.39, 0.29) is 24.3 Å². The van der Waals surface area contributed by atoms with E-state index in [1.165, 1.54) is 27.8 Å². The van der Waals surface area contributed by atoms with Crippen LogP contribution in [0.5, 0.6) is 0 Å². The van der Waals surface area contributed by atoms with Crippen LogP contribution in [0.1, 0.15) is 47.9 Å². The van der Waals surface area contributed by atoms with E-state index < -0.39 is 6.29 Å². The Morgan fingerprint density at radius 2 is 1.81 bits per heavy atom. The first-order chi connectivity index (χ1) is 18.2. The second-order valence-electron chi connectivity index (χ2n) is 9.77. The smallest absolute Gasteiger partial charge is 0.286 e. The summed E-state index contributed by atoms with van der Waals surface area (Å²) in [6.45, 7) is 3.05. The zero-order chi connectivity index (χ0) is 25.6. The normalized spacial score (nSPS) is 19.9. The Hall–Kier alpha value is -3.41. The molecule has 1 aliphatic carbocycles. The third-order valence-electron chi connectivity index (χ3n) is 7.38. The fourth-order valence-corrected chi connectivity index (χ4v) is 5.57. The molecule has 0 fully saturated rings. The summed E-state index contributed by atoms with van der Waals surface area (Å²) in [4.78, 5) is 13.2. The summed E-state index contributed by atoms with van der Waals surface area (Å²) < 4.78 is 12.2. The zero-order valence-corrected chi connectivity index (χ0v) is 21.4. The molecule has 0 saturated heterocycles. The van der Waals surface area contributed by atoms with Gasteiger partial charge in [-0.25, -0.2) is 0 Å². The molecule has 2 aliphatic rings. The minimum atomic E-state index is -0.549. The molecule has 0 spiro atoms. The van der Waals surface area contributed by atoms with Crippen LogP contribution >= 0.6 is 0 Å². The molecule has 37 heavy (non-hydrogen) atoms. The fraction of sp³-hybridized carbons (Fsp3) is 0.344. The minimum absolute atomic E-state index is 0.00482. The topological polar surface area (TPSA) is 67.8 Å². The van der Waals surface area contributed by atoms with E-state index in [9.17, 15) is 9.90 Å². The van der Waals surface area contributed by atoms with E-state index in [0.717, 1.165) is 24.8 Å². The molecule has 1 heterocycles. The Morgan fingerprint density at radius 3 is 2.62 bits per heavy atom. The Bertz CT molecular complexity index is 1250. The minimum Gasteiger partial charge on any atom is -0.459 e. The third kappa shape index (κ3) is 5.63. The molecular formula is C32H35NO4. The lowest BCUT2D eigenvalue weighted by molar-refractivity contribution is -0.166. The lowest BCUT2D eigenvalue weighted by Crippen LogP contribution is -2.39. The lowest BCUT2D eigenvalue weighted by Gasteiger charge is -2.37. The second kappa shape index (κ2) is 11.8. The Morgan fingerprint density at radius 1 is 1.03 bits per heavy atom. The number of amides is 1. The van der Waals surface area contributed by atoms with Crippen molar-refractivity contribution in [2.45, 2.75) is 44.8 Å². The molecule has 0 radical (unpaired) electrons. The van der Waals surface area contributed by atoms with Gasteiger partial charge < -0.3 is 19.9 Å². The van der Waals surface area contributed by atoms with Crippen LogP contribution in [0.2, 0.25) is 0 Å². The van der Waals surface area contributed by atoms with Gasteiger partial charge in [0.1, 0.15) is 0 Å². The number of ether oxygens (including phenoxy) is 2. The molecule has 5 rings (SSSR count). The lowest BCUT2D eigenvalue weighted by atomic mass is 9.80. The Labute approximate surface area is 219 Å². The molecule has 0 saturated carbocycles. The number of carbonyl (C=O) groups is 1. The highest BCUT2D eigenvalue weighted by molar-refractivity contribution is 5.91. The van der Waals surface area contributed by atoms with E-state index in [0.29, 0.717) is 25.3 Å². The average Bonchev–Trinajstić information content (AvgIpc) is 3.30. The summed E-state index contributed by atoms with van der Waals surface area (Å²) in [6, 6.07) is 25.3. The number of rotatable bonds is 10. The molecule has 2 N–H and O–H groups in total. The molecule has 5 heteroatoms. The third-order valence-corrected chi connectivity index (χ3v) is 7.38. The molecular weight excluding hydrogens is 462 g/mol. The van der Waals surface area contributed by atoms with Crippen molar-refractivity contribution in [3.05, 3.63) is 107 Å². The van der Waals surface area contributed by atoms with E-state index in [2.05, 4.69) is 59.9 Å². The molecule has 5 nitrogen and oxygen atoms in total. The van der Waals surface area contributed by atoms with Crippen molar-refractivity contribution in [1.29, 1.82) is 0 Å². The summed E-state index contributed by atoms with van der Waals surface area (Å²) in [5.41, 5.74) is 7.56. The molecule has 3 aromatic carbocycles. The SMILES string of the molecule is CCO[C@H]1OC(C(=O)NCCc2ccccc2)=C[C@@H](c2ccc3c(c2)Cc2ccccc2-3)[C@@H]1CCCO. The number of nitrogens with one attached hydrogen (secondary N) is 1. The molecule has 0 bridgehead atoms. The number of aliphatic hydroxyl groups is 1. The maximum absolute atomic E-state index is 13.2. The summed E-state index contributed by atoms with van der Waals surface area (Å²) in [7, 11) is 0. The summed E-state index contributed by atoms with van der Waals surface area (Å²) >= 11 is 0. The maximum atomic E-state index is 13.2. The first kappa shape index (κ1) is 25.2. The van der Waals surface area contributed by atoms with Crippen LogP contribution in [0.3, 0.4) is 0 Å². The zero-order valence-electron chi connectivity index (χ0n) is 21.4. The van der Waals surface area contributed by atoms with Crippen LogP contribution in [0.4, 0.5) is 0 Å². The Kier molecular flexibility index (Phi) is 8.02. The van der Waals surface area contributed by atoms with Gasteiger partial charge in [0.05, 0.1) is 0 Å². The number of benzene rings is 3. The first-order valence-electron chi connectivity index (χ1n) is 13.3. The first-order valence-corrected chi connectivity index (χ1v) is 13.3. The van der Waals surface area contributed by atoms with Gasteiger partial charge in [0.2, 0.25) is 6.29 Å². The molecule has 1 aliphatic heterocycles. The highest BCUT2D eigenvalue weighted by atomic mass is 16.7. The van der Waals surface area contributed by atoms with Gasteiger partial charge >= 0.3 is 0 Å². The average molecular weight is 498 g/mol. The Balaban J connectivity index is 1.41. The van der Waals surface area contributed by atoms with Gasteiger partial charge in [-0.2, -0.15) is 0 Å². The van der Waals surface area contributed by atoms with Gasteiger partial charge in [0.15, 0.2) is 5.76 Å². The highest BCUT2D eigenvalue weighted by Crippen LogP contribution is 2.43. The molecule has 0 unspecified atom stereocenters. The predicted molar refractivity (Wildman–Crippen MR) is 145 cm³/mol. The van der Waals surface area contributed by atoms with E-state index in [1.54, 1.807) is 0 Å². The van der Waals surface area contributed by atoms with Gasteiger partial charge in [-0.3, -0.25) is 4.79 Å². The largest absolute Gasteiger partial charge is 0.459 e. The second-order valence-corrected chi connectivity index (χ2v) is 9.77. The number of carbonyl (C=O) groups excluding carboxylic acids is 1. The van der Waals surface area contributed by atoms with Gasteiger partial charge in [0, 0.05) is 31.6 Å². The van der Waals surface area contributed by atoms with Crippen LogP contribution in [0.25, 0.3) is 11.1 Å². The van der Waals surface area contributed by atoms with Gasteiger partial charge in [0.25, 0.3) is 5.91 Å². The number of aliphatic hydroxyl groups excluding tert-OH is 1. The predicted octanol–water partition coefficient (Wildman–Crippen LogP) is 5.37. The van der Waals surface area contributed by atoms with E-state index in [1.807, 2.05) is 31.2 Å². The summed E-state index contributed by atoms with van der Waals surface area (Å²) in [5.74, 6) is 0.0240. The van der Waals surface area contributed by atoms with Crippen molar-refractivity contribution in [3.8, 4) is 11.1 Å². The number of allylic oxidation sites excluding steroid dienone is 1. The molecule has 192 valence electrons. The van der Waals surface area contributed by atoms with Crippen LogP contribution in [-0.4, -0.2) is 37.1 Å². The molecule has 3 atom stereocenters. The standard InChI is InChI=1S/C32H35NO4/c1-2-36-32-28(13-8-18-34)29(21-30(37-32)31(35)33-17-16-22-9-4-3-5-10-22)24-14-15-27-25(20-24)19-23-11-6-7-12-26(23)27/h3-7,9-12,14-15,20-21,28-29,32,34H,2,8,13,16-19H2,1H3,(H,33,35)/t28-,29-,32-/m0/s1. The van der Waals surface area contributed by atoms with Crippen molar-refractivity contribution in [1.82, 2.24) is 5.32 Å². The van der Waals surface area contributed by atoms with Crippen LogP contribution in [0, 0.1) is 5.92 Å². The van der Waals surface area contributed by atoms with Gasteiger partial charge in [-0.1, -0.05) is 72.8 Å². The van der Waals surface area contributed by atoms with Crippen molar-refractivity contribution < 1.29 is 19.4 Å². The van der Waals surface area contributed by atoms with Crippen LogP contribution in [-0.2, 0) is 27.1 Å². The monoisotopic (exact) mass is 497 g/mol. The molecule has 1 amide bonds. The van der Waals surface area contributed by atoms with Crippen LogP contribution < -0.4 is 5.32 Å². The van der Waals surface area contributed by atoms with Crippen molar-refractivity contribution in [2.75, 3.05) is 19.8 Å². The van der Waals surface area contributed by atoms with Gasteiger partial charge in [-0.05, 0) is 72.1 Å². The van der Waals surface area contributed by atoms with Crippen LogP contribution in [0.15, 0.2) is 84.6 Å². The van der Waals surface area contributed by atoms with Crippen molar-refractivity contribution >= 4 is 5.91 Å². The summed E-state index contributed by atoms with van der Waals surface area (Å²) in [6.07, 6.45) is 4.46. The molecule has 0 aromatic heterocycles. The number of hydrogen-bond donors (Lipinski definition) is 2. The van der Waals surface area contributed by atoms with Gasteiger partial charge in [-0.15, -0.1) is 0 Å². The maximum Gasteiger partial charge on any atom is 0.286 e.